The number of carbonyl (C=O) groups is 1. The third kappa shape index (κ3) is 6.12. The van der Waals surface area contributed by atoms with Gasteiger partial charge in [0.2, 0.25) is 5.91 Å². The van der Waals surface area contributed by atoms with E-state index in [0.717, 1.165) is 6.42 Å². The molecule has 0 radical (unpaired) electrons. The van der Waals surface area contributed by atoms with Crippen molar-refractivity contribution in [2.45, 2.75) is 20.3 Å². The smallest absolute Gasteiger partial charge is 0.226 e. The number of rotatable bonds is 8. The van der Waals surface area contributed by atoms with Crippen molar-refractivity contribution < 1.29 is 13.9 Å². The molecule has 0 aliphatic carbocycles. The summed E-state index contributed by atoms with van der Waals surface area (Å²) in [6.07, 6.45) is 0.782. The van der Waals surface area contributed by atoms with Crippen LogP contribution in [0.25, 0.3) is 0 Å². The number of nitrogens with two attached hydrogens (primary N) is 1. The Morgan fingerprint density at radius 3 is 2.71 bits per heavy atom. The van der Waals surface area contributed by atoms with Crippen LogP contribution in [0, 0.1) is 17.7 Å². The van der Waals surface area contributed by atoms with Gasteiger partial charge in [-0.1, -0.05) is 19.9 Å². The molecule has 5 heteroatoms. The predicted octanol–water partition coefficient (Wildman–Crippen LogP) is 2.28. The van der Waals surface area contributed by atoms with E-state index in [1.807, 2.05) is 0 Å². The van der Waals surface area contributed by atoms with E-state index in [2.05, 4.69) is 13.8 Å². The van der Waals surface area contributed by atoms with Crippen molar-refractivity contribution in [3.63, 3.8) is 0 Å². The molecule has 1 aromatic rings. The zero-order valence-electron chi connectivity index (χ0n) is 13.0. The average molecular weight is 296 g/mol. The Morgan fingerprint density at radius 1 is 1.43 bits per heavy atom. The quantitative estimate of drug-likeness (QED) is 0.800. The van der Waals surface area contributed by atoms with Crippen LogP contribution in [0.15, 0.2) is 24.3 Å². The lowest BCUT2D eigenvalue weighted by molar-refractivity contribution is -0.134. The molecule has 2 N–H and O–H groups in total. The van der Waals surface area contributed by atoms with Crippen molar-refractivity contribution in [2.24, 2.45) is 17.6 Å². The maximum Gasteiger partial charge on any atom is 0.226 e. The van der Waals surface area contributed by atoms with Crippen LogP contribution in [0.5, 0.6) is 5.75 Å². The van der Waals surface area contributed by atoms with Crippen LogP contribution in [-0.2, 0) is 4.79 Å². The normalized spacial score (nSPS) is 12.3. The average Bonchev–Trinajstić information content (AvgIpc) is 2.43. The maximum absolute atomic E-state index is 13.0. The second-order valence-electron chi connectivity index (χ2n) is 5.63. The molecule has 118 valence electrons. The Balaban J connectivity index is 2.41. The van der Waals surface area contributed by atoms with Gasteiger partial charge < -0.3 is 15.4 Å². The number of nitrogens with zero attached hydrogens (tertiary/aromatic N) is 1. The summed E-state index contributed by atoms with van der Waals surface area (Å²) in [7, 11) is 1.74. The minimum Gasteiger partial charge on any atom is -0.492 e. The number of hydrogen-bond acceptors (Lipinski definition) is 3. The Morgan fingerprint density at radius 2 is 2.14 bits per heavy atom. The van der Waals surface area contributed by atoms with Gasteiger partial charge in [0.1, 0.15) is 18.2 Å². The first kappa shape index (κ1) is 17.4. The molecule has 0 bridgehead atoms. The van der Waals surface area contributed by atoms with E-state index in [1.165, 1.54) is 12.1 Å². The second kappa shape index (κ2) is 8.62. The zero-order chi connectivity index (χ0) is 15.8. The summed E-state index contributed by atoms with van der Waals surface area (Å²) in [5.41, 5.74) is 5.68. The van der Waals surface area contributed by atoms with Crippen LogP contribution < -0.4 is 10.5 Å². The van der Waals surface area contributed by atoms with Crippen molar-refractivity contribution in [1.29, 1.82) is 0 Å². The largest absolute Gasteiger partial charge is 0.492 e. The highest BCUT2D eigenvalue weighted by atomic mass is 19.1. The molecule has 21 heavy (non-hydrogen) atoms. The van der Waals surface area contributed by atoms with Crippen LogP contribution in [0.4, 0.5) is 4.39 Å². The van der Waals surface area contributed by atoms with Crippen molar-refractivity contribution in [2.75, 3.05) is 26.7 Å². The molecule has 0 aliphatic heterocycles. The van der Waals surface area contributed by atoms with Gasteiger partial charge in [-0.15, -0.1) is 0 Å². The molecule has 1 unspecified atom stereocenters. The number of amides is 1. The molecule has 0 aromatic heterocycles. The summed E-state index contributed by atoms with van der Waals surface area (Å²) in [6, 6.07) is 5.96. The van der Waals surface area contributed by atoms with Crippen molar-refractivity contribution >= 4 is 5.91 Å². The van der Waals surface area contributed by atoms with E-state index in [0.29, 0.717) is 31.4 Å². The zero-order valence-corrected chi connectivity index (χ0v) is 13.0. The predicted molar refractivity (Wildman–Crippen MR) is 81.5 cm³/mol. The third-order valence-corrected chi connectivity index (χ3v) is 3.26. The Labute approximate surface area is 126 Å². The first-order valence-electron chi connectivity index (χ1n) is 7.27. The van der Waals surface area contributed by atoms with E-state index >= 15 is 0 Å². The van der Waals surface area contributed by atoms with Gasteiger partial charge in [0.05, 0.1) is 12.5 Å². The molecule has 1 aromatic carbocycles. The van der Waals surface area contributed by atoms with E-state index < -0.39 is 0 Å². The first-order chi connectivity index (χ1) is 9.93. The van der Waals surface area contributed by atoms with Gasteiger partial charge in [0.15, 0.2) is 0 Å². The van der Waals surface area contributed by atoms with Gasteiger partial charge in [-0.05, 0) is 24.5 Å². The van der Waals surface area contributed by atoms with Crippen LogP contribution >= 0.6 is 0 Å². The lowest BCUT2D eigenvalue weighted by atomic mass is 9.96. The fraction of sp³-hybridized carbons (Fsp3) is 0.562. The second-order valence-corrected chi connectivity index (χ2v) is 5.63. The molecule has 0 spiro atoms. The van der Waals surface area contributed by atoms with Gasteiger partial charge in [-0.25, -0.2) is 4.39 Å². The Bertz CT molecular complexity index is 452. The lowest BCUT2D eigenvalue weighted by Gasteiger charge is -2.24. The van der Waals surface area contributed by atoms with Gasteiger partial charge in [-0.2, -0.15) is 0 Å². The Hall–Kier alpha value is -1.62. The van der Waals surface area contributed by atoms with Gasteiger partial charge in [0.25, 0.3) is 0 Å². The number of halogens is 1. The van der Waals surface area contributed by atoms with Gasteiger partial charge in [-0.3, -0.25) is 4.79 Å². The maximum atomic E-state index is 13.0. The van der Waals surface area contributed by atoms with Gasteiger partial charge >= 0.3 is 0 Å². The molecule has 1 amide bonds. The molecular weight excluding hydrogens is 271 g/mol. The summed E-state index contributed by atoms with van der Waals surface area (Å²) in [6.45, 7) is 5.27. The number of likely N-dealkylation sites (N-methyl/N-ethyl adjacent to an activating group) is 1. The fourth-order valence-electron chi connectivity index (χ4n) is 2.15. The highest BCUT2D eigenvalue weighted by Crippen LogP contribution is 2.14. The molecule has 1 atom stereocenters. The first-order valence-corrected chi connectivity index (χ1v) is 7.27. The van der Waals surface area contributed by atoms with Crippen LogP contribution in [0.1, 0.15) is 20.3 Å². The minimum atomic E-state index is -0.336. The van der Waals surface area contributed by atoms with Crippen LogP contribution in [-0.4, -0.2) is 37.6 Å². The number of hydrogen-bond donors (Lipinski definition) is 1. The Kier molecular flexibility index (Phi) is 7.15. The monoisotopic (exact) mass is 296 g/mol. The molecule has 0 aliphatic rings. The third-order valence-electron chi connectivity index (χ3n) is 3.26. The van der Waals surface area contributed by atoms with Crippen molar-refractivity contribution in [1.82, 2.24) is 4.90 Å². The summed E-state index contributed by atoms with van der Waals surface area (Å²) in [4.78, 5) is 13.9. The lowest BCUT2D eigenvalue weighted by Crippen LogP contribution is -2.39. The molecule has 0 saturated carbocycles. The van der Waals surface area contributed by atoms with Crippen molar-refractivity contribution in [3.05, 3.63) is 30.1 Å². The van der Waals surface area contributed by atoms with Crippen molar-refractivity contribution in [3.8, 4) is 5.75 Å². The SMILES string of the molecule is CC(C)CC(CN)C(=O)N(C)CCOc1cccc(F)c1. The highest BCUT2D eigenvalue weighted by molar-refractivity contribution is 5.78. The van der Waals surface area contributed by atoms with E-state index in [4.69, 9.17) is 10.5 Å². The molecule has 4 nitrogen and oxygen atoms in total. The standard InChI is InChI=1S/C16H25FN2O2/c1-12(2)9-13(11-18)16(20)19(3)7-8-21-15-6-4-5-14(17)10-15/h4-6,10,12-13H,7-9,11,18H2,1-3H3. The summed E-state index contributed by atoms with van der Waals surface area (Å²) in [5, 5.41) is 0. The fourth-order valence-corrected chi connectivity index (χ4v) is 2.15. The van der Waals surface area contributed by atoms with Crippen LogP contribution in [0.3, 0.4) is 0 Å². The molecule has 1 rings (SSSR count). The molecule has 0 fully saturated rings. The summed E-state index contributed by atoms with van der Waals surface area (Å²) >= 11 is 0. The van der Waals surface area contributed by atoms with E-state index in [-0.39, 0.29) is 17.6 Å². The van der Waals surface area contributed by atoms with E-state index in [1.54, 1.807) is 24.1 Å². The highest BCUT2D eigenvalue weighted by Gasteiger charge is 2.21. The topological polar surface area (TPSA) is 55.6 Å². The molecular formula is C16H25FN2O2. The van der Waals surface area contributed by atoms with Crippen LogP contribution in [0.2, 0.25) is 0 Å². The summed E-state index contributed by atoms with van der Waals surface area (Å²) in [5.74, 6) is 0.447. The van der Waals surface area contributed by atoms with E-state index in [9.17, 15) is 9.18 Å². The van der Waals surface area contributed by atoms with Gasteiger partial charge in [0, 0.05) is 19.7 Å². The molecule has 0 heterocycles. The number of benzene rings is 1. The minimum absolute atomic E-state index is 0.0362. The summed E-state index contributed by atoms with van der Waals surface area (Å²) < 4.78 is 18.4. The molecule has 0 saturated heterocycles. The number of carbonyl (C=O) groups excluding carboxylic acids is 1. The number of ether oxygens (including phenoxy) is 1.